The van der Waals surface area contributed by atoms with Crippen molar-refractivity contribution in [3.63, 3.8) is 0 Å². The average Bonchev–Trinajstić information content (AvgIpc) is 3.84. The molecular weight excluding hydrogens is 610 g/mol. The molecule has 9 fully saturated rings. The highest BCUT2D eigenvalue weighted by molar-refractivity contribution is 6.31. The van der Waals surface area contributed by atoms with Gasteiger partial charge in [-0.1, -0.05) is 56.5 Å². The first kappa shape index (κ1) is 30.8. The molecule has 258 valence electrons. The molecule has 0 aromatic carbocycles. The smallest absolute Gasteiger partial charge is 0.0885 e. The maximum Gasteiger partial charge on any atom is 0.0885 e. The maximum atomic E-state index is 6.81. The van der Waals surface area contributed by atoms with E-state index in [1.54, 1.807) is 6.20 Å². The fraction of sp³-hybridized carbons (Fsp3) is 0.914. The Kier molecular flexibility index (Phi) is 8.27. The Morgan fingerprint density at radius 1 is 0.447 bits per heavy atom. The Bertz CT molecular complexity index is 1290. The third-order valence-electron chi connectivity index (χ3n) is 14.9. The highest BCUT2D eigenvalue weighted by Gasteiger charge is 2.56. The first-order valence-electron chi connectivity index (χ1n) is 19.6. The molecule has 4 aliphatic carbocycles. The van der Waals surface area contributed by atoms with Gasteiger partial charge in [-0.3, -0.25) is 42.5 Å². The third-order valence-corrected chi connectivity index (χ3v) is 15.2. The molecule has 1 aromatic heterocycles. The van der Waals surface area contributed by atoms with Gasteiger partial charge in [0.25, 0.3) is 0 Å². The molecule has 0 amide bonds. The number of hydrogen-bond donors (Lipinski definition) is 8. The summed E-state index contributed by atoms with van der Waals surface area (Å²) in [7, 11) is 0. The second-order valence-corrected chi connectivity index (χ2v) is 17.3. The van der Waals surface area contributed by atoms with Gasteiger partial charge in [0.1, 0.15) is 0 Å². The molecule has 5 aliphatic heterocycles. The van der Waals surface area contributed by atoms with Crippen molar-refractivity contribution in [2.45, 2.75) is 152 Å². The topological polar surface area (TPSA) is 135 Å². The number of halogens is 1. The lowest BCUT2D eigenvalue weighted by Crippen LogP contribution is -2.61. The van der Waals surface area contributed by atoms with Crippen molar-refractivity contribution < 1.29 is 0 Å². The quantitative estimate of drug-likeness (QED) is 0.225. The zero-order chi connectivity index (χ0) is 31.1. The number of hydrogen-bond acceptors (Lipinski definition) is 11. The highest BCUT2D eigenvalue weighted by atomic mass is 35.5. The van der Waals surface area contributed by atoms with Crippen LogP contribution in [-0.2, 0) is 0 Å². The van der Waals surface area contributed by atoms with Gasteiger partial charge in [-0.25, -0.2) is 0 Å². The van der Waals surface area contributed by atoms with Gasteiger partial charge >= 0.3 is 0 Å². The van der Waals surface area contributed by atoms with E-state index in [0.717, 1.165) is 12.1 Å². The van der Waals surface area contributed by atoms with Gasteiger partial charge < -0.3 is 0 Å². The Balaban J connectivity index is 1.02. The van der Waals surface area contributed by atoms with Crippen molar-refractivity contribution >= 4 is 11.6 Å². The van der Waals surface area contributed by atoms with Crippen LogP contribution in [-0.4, -0.2) is 64.7 Å². The van der Waals surface area contributed by atoms with E-state index in [1.165, 1.54) is 89.9 Å². The van der Waals surface area contributed by atoms with Gasteiger partial charge in [-0.05, 0) is 98.0 Å². The van der Waals surface area contributed by atoms with Crippen LogP contribution in [0, 0.1) is 47.3 Å². The SMILES string of the molecule is Clc1cnnnc1C1CCCC2C3NC4NC(NC5NC(NC6NC(NC(N3)C12)C1CCCCC61)C1CCCCC51)C1CCCCC41. The summed E-state index contributed by atoms with van der Waals surface area (Å²) in [4.78, 5) is 0. The van der Waals surface area contributed by atoms with E-state index in [0.29, 0.717) is 83.2 Å². The van der Waals surface area contributed by atoms with Crippen molar-refractivity contribution in [3.8, 4) is 0 Å². The van der Waals surface area contributed by atoms with Crippen LogP contribution in [0.15, 0.2) is 6.20 Å². The van der Waals surface area contributed by atoms with Gasteiger partial charge in [0, 0.05) is 11.8 Å². The first-order chi connectivity index (χ1) is 23.2. The molecule has 0 radical (unpaired) electrons. The molecular formula is C35H56ClN11. The van der Waals surface area contributed by atoms with Crippen LogP contribution in [0.2, 0.25) is 5.02 Å². The number of fused-ring (bicyclic) bond motifs is 20. The number of rotatable bonds is 1. The van der Waals surface area contributed by atoms with Crippen molar-refractivity contribution in [2.24, 2.45) is 47.3 Å². The molecule has 8 N–H and O–H groups in total. The second-order valence-electron chi connectivity index (χ2n) is 16.9. The first-order valence-corrected chi connectivity index (χ1v) is 20.0. The van der Waals surface area contributed by atoms with E-state index in [1.807, 2.05) is 0 Å². The van der Waals surface area contributed by atoms with Gasteiger partial charge in [-0.2, -0.15) is 0 Å². The fourth-order valence-electron chi connectivity index (χ4n) is 12.9. The van der Waals surface area contributed by atoms with E-state index < -0.39 is 0 Å². The lowest BCUT2D eigenvalue weighted by atomic mass is 9.70. The molecule has 10 rings (SSSR count). The average molecular weight is 666 g/mol. The number of nitrogens with zero attached hydrogens (tertiary/aromatic N) is 3. The molecule has 17 unspecified atom stereocenters. The zero-order valence-electron chi connectivity index (χ0n) is 27.7. The van der Waals surface area contributed by atoms with Gasteiger partial charge in [0.15, 0.2) is 0 Å². The van der Waals surface area contributed by atoms with Gasteiger partial charge in [0.2, 0.25) is 0 Å². The molecule has 0 spiro atoms. The van der Waals surface area contributed by atoms with E-state index in [9.17, 15) is 0 Å². The van der Waals surface area contributed by atoms with Crippen molar-refractivity contribution in [3.05, 3.63) is 16.9 Å². The molecule has 12 heteroatoms. The molecule has 11 nitrogen and oxygen atoms in total. The van der Waals surface area contributed by atoms with E-state index >= 15 is 0 Å². The summed E-state index contributed by atoms with van der Waals surface area (Å²) in [6, 6.07) is 0. The van der Waals surface area contributed by atoms with Crippen LogP contribution in [0.5, 0.6) is 0 Å². The van der Waals surface area contributed by atoms with Crippen LogP contribution >= 0.6 is 11.6 Å². The summed E-state index contributed by atoms with van der Waals surface area (Å²) < 4.78 is 0. The Morgan fingerprint density at radius 2 is 0.809 bits per heavy atom. The Labute approximate surface area is 284 Å². The minimum atomic E-state index is 0.162. The molecule has 8 bridgehead atoms. The highest BCUT2D eigenvalue weighted by Crippen LogP contribution is 2.49. The van der Waals surface area contributed by atoms with E-state index in [2.05, 4.69) is 57.9 Å². The second kappa shape index (κ2) is 12.6. The number of aromatic nitrogens is 3. The fourth-order valence-corrected chi connectivity index (χ4v) is 13.1. The predicted octanol–water partition coefficient (Wildman–Crippen LogP) is 2.84. The lowest BCUT2D eigenvalue weighted by Gasteiger charge is -2.39. The molecule has 5 saturated heterocycles. The van der Waals surface area contributed by atoms with Crippen LogP contribution in [0.25, 0.3) is 0 Å². The molecule has 1 aromatic rings. The van der Waals surface area contributed by atoms with Crippen LogP contribution in [0.3, 0.4) is 0 Å². The van der Waals surface area contributed by atoms with Crippen molar-refractivity contribution in [1.82, 2.24) is 57.9 Å². The summed E-state index contributed by atoms with van der Waals surface area (Å²) in [5.41, 5.74) is 0.936. The standard InChI is InChI=1S/C35H56ClN11/c36-25-16-37-47-46-27(25)23-14-7-15-24-26(23)35-44-33-22-13-6-5-12-21(22)31(42-33)40-29-18-9-2-1-8-17(18)28(38-29)39-30-19-10-3-4-11-20(19)32(41-30)43-34(24)45-35/h16-24,26,28-35,38-45H,1-15H2. The summed E-state index contributed by atoms with van der Waals surface area (Å²) in [5, 5.41) is 47.1. The van der Waals surface area contributed by atoms with Crippen LogP contribution in [0.1, 0.15) is 108 Å². The monoisotopic (exact) mass is 665 g/mol. The maximum absolute atomic E-state index is 6.81. The zero-order valence-corrected chi connectivity index (χ0v) is 28.5. The largest absolute Gasteiger partial charge is 0.286 e. The summed E-state index contributed by atoms with van der Waals surface area (Å²) in [5.74, 6) is 5.12. The summed E-state index contributed by atoms with van der Waals surface area (Å²) >= 11 is 6.81. The number of nitrogens with one attached hydrogen (secondary N) is 8. The summed E-state index contributed by atoms with van der Waals surface area (Å²) in [6.07, 6.45) is 23.6. The van der Waals surface area contributed by atoms with E-state index in [-0.39, 0.29) is 24.4 Å². The molecule has 4 saturated carbocycles. The van der Waals surface area contributed by atoms with Crippen molar-refractivity contribution in [2.75, 3.05) is 0 Å². The van der Waals surface area contributed by atoms with Crippen LogP contribution < -0.4 is 42.5 Å². The molecule has 6 heterocycles. The van der Waals surface area contributed by atoms with Crippen molar-refractivity contribution in [1.29, 1.82) is 0 Å². The normalized spacial score (nSPS) is 52.3. The van der Waals surface area contributed by atoms with Gasteiger partial charge in [-0.15, -0.1) is 10.2 Å². The third kappa shape index (κ3) is 5.32. The molecule has 9 aliphatic rings. The Morgan fingerprint density at radius 3 is 1.21 bits per heavy atom. The minimum Gasteiger partial charge on any atom is -0.286 e. The lowest BCUT2D eigenvalue weighted by molar-refractivity contribution is 0.153. The molecule has 47 heavy (non-hydrogen) atoms. The molecule has 17 atom stereocenters. The predicted molar refractivity (Wildman–Crippen MR) is 180 cm³/mol. The van der Waals surface area contributed by atoms with Gasteiger partial charge in [0.05, 0.1) is 66.2 Å². The van der Waals surface area contributed by atoms with E-state index in [4.69, 9.17) is 11.6 Å². The Hall–Kier alpha value is -1.02. The minimum absolute atomic E-state index is 0.162. The van der Waals surface area contributed by atoms with Crippen LogP contribution in [0.4, 0.5) is 0 Å². The summed E-state index contributed by atoms with van der Waals surface area (Å²) in [6.45, 7) is 0.